The second kappa shape index (κ2) is 5.65. The van der Waals surface area contributed by atoms with Gasteiger partial charge < -0.3 is 10.2 Å². The molecular formula is C13H20N2OS. The van der Waals surface area contributed by atoms with Crippen molar-refractivity contribution in [3.8, 4) is 0 Å². The summed E-state index contributed by atoms with van der Waals surface area (Å²) in [5.74, 6) is 0.868. The van der Waals surface area contributed by atoms with Crippen molar-refractivity contribution in [1.82, 2.24) is 10.2 Å². The van der Waals surface area contributed by atoms with E-state index < -0.39 is 0 Å². The van der Waals surface area contributed by atoms with Gasteiger partial charge in [0, 0.05) is 13.1 Å². The van der Waals surface area contributed by atoms with Crippen LogP contribution in [0.2, 0.25) is 0 Å². The number of hydrogen-bond acceptors (Lipinski definition) is 3. The average Bonchev–Trinajstić information content (AvgIpc) is 2.78. The number of nitrogens with zero attached hydrogens (tertiary/aromatic N) is 1. The van der Waals surface area contributed by atoms with E-state index >= 15 is 0 Å². The Morgan fingerprint density at radius 2 is 2.41 bits per heavy atom. The summed E-state index contributed by atoms with van der Waals surface area (Å²) in [5.41, 5.74) is 1.24. The Balaban J connectivity index is 2.07. The van der Waals surface area contributed by atoms with Crippen LogP contribution in [0.4, 0.5) is 0 Å². The molecule has 94 valence electrons. The van der Waals surface area contributed by atoms with E-state index in [0.717, 1.165) is 25.9 Å². The topological polar surface area (TPSA) is 32.3 Å². The molecular weight excluding hydrogens is 232 g/mol. The van der Waals surface area contributed by atoms with E-state index in [2.05, 4.69) is 29.1 Å². The molecule has 2 rings (SSSR count). The highest BCUT2D eigenvalue weighted by Gasteiger charge is 2.28. The Morgan fingerprint density at radius 1 is 1.59 bits per heavy atom. The largest absolute Gasteiger partial charge is 0.337 e. The maximum Gasteiger partial charge on any atom is 0.240 e. The molecule has 0 bridgehead atoms. The predicted molar refractivity (Wildman–Crippen MR) is 71.0 cm³/mol. The van der Waals surface area contributed by atoms with E-state index in [9.17, 15) is 4.79 Å². The zero-order valence-corrected chi connectivity index (χ0v) is 11.3. The highest BCUT2D eigenvalue weighted by Crippen LogP contribution is 2.20. The third kappa shape index (κ3) is 3.07. The van der Waals surface area contributed by atoms with Crippen molar-refractivity contribution in [2.45, 2.75) is 32.4 Å². The fourth-order valence-corrected chi connectivity index (χ4v) is 2.99. The number of carbonyl (C=O) groups excluding carboxylic acids is 1. The molecule has 1 N–H and O–H groups in total. The van der Waals surface area contributed by atoms with Crippen LogP contribution in [-0.4, -0.2) is 30.4 Å². The number of rotatable bonds is 3. The van der Waals surface area contributed by atoms with E-state index in [-0.39, 0.29) is 11.9 Å². The van der Waals surface area contributed by atoms with Crippen LogP contribution in [0.15, 0.2) is 16.8 Å². The van der Waals surface area contributed by atoms with Gasteiger partial charge in [0.05, 0.1) is 6.04 Å². The van der Waals surface area contributed by atoms with Gasteiger partial charge in [-0.25, -0.2) is 0 Å². The number of hydrogen-bond donors (Lipinski definition) is 1. The molecule has 0 radical (unpaired) electrons. The second-order valence-electron chi connectivity index (χ2n) is 4.86. The summed E-state index contributed by atoms with van der Waals surface area (Å²) in [4.78, 5) is 14.3. The summed E-state index contributed by atoms with van der Waals surface area (Å²) in [5, 5.41) is 7.33. The molecule has 0 aliphatic carbocycles. The molecule has 17 heavy (non-hydrogen) atoms. The minimum atomic E-state index is -0.00821. The van der Waals surface area contributed by atoms with E-state index in [1.807, 2.05) is 11.9 Å². The predicted octanol–water partition coefficient (Wildman–Crippen LogP) is 2.09. The summed E-state index contributed by atoms with van der Waals surface area (Å²) in [6.45, 7) is 3.87. The number of likely N-dealkylation sites (N-methyl/N-ethyl adjacent to an activating group) is 1. The smallest absolute Gasteiger partial charge is 0.240 e. The minimum absolute atomic E-state index is 0.00821. The first-order valence-electron chi connectivity index (χ1n) is 6.18. The Labute approximate surface area is 107 Å². The van der Waals surface area contributed by atoms with Crippen LogP contribution in [-0.2, 0) is 11.3 Å². The van der Waals surface area contributed by atoms with Crippen LogP contribution in [0.5, 0.6) is 0 Å². The maximum atomic E-state index is 12.3. The average molecular weight is 252 g/mol. The van der Waals surface area contributed by atoms with Gasteiger partial charge in [-0.1, -0.05) is 6.92 Å². The number of thiophene rings is 1. The molecule has 1 aliphatic heterocycles. The molecule has 1 amide bonds. The SMILES string of the molecule is CNC1CC(C)CCN(Cc2ccsc2)C1=O. The molecule has 1 fully saturated rings. The fraction of sp³-hybridized carbons (Fsp3) is 0.615. The Hall–Kier alpha value is -0.870. The van der Waals surface area contributed by atoms with Crippen LogP contribution in [0.1, 0.15) is 25.3 Å². The molecule has 1 aliphatic rings. The molecule has 3 nitrogen and oxygen atoms in total. The van der Waals surface area contributed by atoms with Gasteiger partial charge in [-0.2, -0.15) is 11.3 Å². The lowest BCUT2D eigenvalue weighted by Gasteiger charge is -2.23. The van der Waals surface area contributed by atoms with Gasteiger partial charge >= 0.3 is 0 Å². The quantitative estimate of drug-likeness (QED) is 0.893. The standard InChI is InChI=1S/C13H20N2OS/c1-10-3-5-15(8-11-4-6-17-9-11)13(16)12(7-10)14-2/h4,6,9-10,12,14H,3,5,7-8H2,1-2H3. The zero-order chi connectivity index (χ0) is 12.3. The monoisotopic (exact) mass is 252 g/mol. The lowest BCUT2D eigenvalue weighted by Crippen LogP contribution is -2.43. The van der Waals surface area contributed by atoms with Crippen molar-refractivity contribution in [2.24, 2.45) is 5.92 Å². The normalized spacial score (nSPS) is 26.0. The van der Waals surface area contributed by atoms with Crippen LogP contribution in [0.25, 0.3) is 0 Å². The summed E-state index contributed by atoms with van der Waals surface area (Å²) in [6, 6.07) is 2.09. The Bertz CT molecular complexity index is 364. The molecule has 0 spiro atoms. The van der Waals surface area contributed by atoms with E-state index in [0.29, 0.717) is 5.92 Å². The summed E-state index contributed by atoms with van der Waals surface area (Å²) < 4.78 is 0. The highest BCUT2D eigenvalue weighted by atomic mass is 32.1. The van der Waals surface area contributed by atoms with Gasteiger partial charge in [-0.3, -0.25) is 4.79 Å². The van der Waals surface area contributed by atoms with E-state index in [1.165, 1.54) is 5.56 Å². The highest BCUT2D eigenvalue weighted by molar-refractivity contribution is 7.07. The molecule has 0 aromatic carbocycles. The summed E-state index contributed by atoms with van der Waals surface area (Å²) in [7, 11) is 1.88. The van der Waals surface area contributed by atoms with Crippen molar-refractivity contribution in [1.29, 1.82) is 0 Å². The third-order valence-corrected chi connectivity index (χ3v) is 4.17. The number of amides is 1. The van der Waals surface area contributed by atoms with Crippen LogP contribution in [0, 0.1) is 5.92 Å². The first-order chi connectivity index (χ1) is 8.20. The number of nitrogens with one attached hydrogen (secondary N) is 1. The van der Waals surface area contributed by atoms with Crippen LogP contribution in [0.3, 0.4) is 0 Å². The van der Waals surface area contributed by atoms with Crippen LogP contribution < -0.4 is 5.32 Å². The molecule has 4 heteroatoms. The van der Waals surface area contributed by atoms with Gasteiger partial charge in [0.15, 0.2) is 0 Å². The Kier molecular flexibility index (Phi) is 4.18. The molecule has 1 saturated heterocycles. The molecule has 1 aromatic heterocycles. The number of carbonyl (C=O) groups is 1. The van der Waals surface area contributed by atoms with Crippen molar-refractivity contribution in [3.63, 3.8) is 0 Å². The zero-order valence-electron chi connectivity index (χ0n) is 10.5. The first kappa shape index (κ1) is 12.6. The van der Waals surface area contributed by atoms with Gasteiger partial charge in [-0.15, -0.1) is 0 Å². The van der Waals surface area contributed by atoms with Gasteiger partial charge in [-0.05, 0) is 48.2 Å². The molecule has 2 atom stereocenters. The fourth-order valence-electron chi connectivity index (χ4n) is 2.33. The lowest BCUT2D eigenvalue weighted by molar-refractivity contribution is -0.133. The molecule has 2 heterocycles. The van der Waals surface area contributed by atoms with E-state index in [4.69, 9.17) is 0 Å². The van der Waals surface area contributed by atoms with Gasteiger partial charge in [0.2, 0.25) is 5.91 Å². The van der Waals surface area contributed by atoms with Crippen molar-refractivity contribution >= 4 is 17.2 Å². The van der Waals surface area contributed by atoms with Crippen LogP contribution >= 0.6 is 11.3 Å². The Morgan fingerprint density at radius 3 is 3.06 bits per heavy atom. The number of likely N-dealkylation sites (tertiary alicyclic amines) is 1. The van der Waals surface area contributed by atoms with Crippen molar-refractivity contribution in [2.75, 3.05) is 13.6 Å². The van der Waals surface area contributed by atoms with Gasteiger partial charge in [0.25, 0.3) is 0 Å². The van der Waals surface area contributed by atoms with Crippen molar-refractivity contribution in [3.05, 3.63) is 22.4 Å². The van der Waals surface area contributed by atoms with Crippen molar-refractivity contribution < 1.29 is 4.79 Å². The minimum Gasteiger partial charge on any atom is -0.337 e. The summed E-state index contributed by atoms with van der Waals surface area (Å²) in [6.07, 6.45) is 2.06. The van der Waals surface area contributed by atoms with Gasteiger partial charge in [0.1, 0.15) is 0 Å². The second-order valence-corrected chi connectivity index (χ2v) is 5.64. The molecule has 1 aromatic rings. The first-order valence-corrected chi connectivity index (χ1v) is 7.12. The molecule has 0 saturated carbocycles. The molecule has 2 unspecified atom stereocenters. The maximum absolute atomic E-state index is 12.3. The lowest BCUT2D eigenvalue weighted by atomic mass is 10.0. The summed E-state index contributed by atoms with van der Waals surface area (Å²) >= 11 is 1.69. The van der Waals surface area contributed by atoms with E-state index in [1.54, 1.807) is 11.3 Å². The third-order valence-electron chi connectivity index (χ3n) is 3.44.